The molecular weight excluding hydrogens is 244 g/mol. The summed E-state index contributed by atoms with van der Waals surface area (Å²) in [5, 5.41) is 10.9. The second kappa shape index (κ2) is 4.83. The summed E-state index contributed by atoms with van der Waals surface area (Å²) in [6.45, 7) is 5.96. The first kappa shape index (κ1) is 13.6. The van der Waals surface area contributed by atoms with Crippen molar-refractivity contribution in [2.75, 3.05) is 11.9 Å². The maximum Gasteiger partial charge on any atom is 0.329 e. The van der Waals surface area contributed by atoms with Crippen LogP contribution >= 0.6 is 11.6 Å². The van der Waals surface area contributed by atoms with Gasteiger partial charge in [0.05, 0.1) is 4.92 Å². The molecule has 0 spiro atoms. The summed E-state index contributed by atoms with van der Waals surface area (Å²) in [5.41, 5.74) is -0.388. The maximum absolute atomic E-state index is 10.9. The van der Waals surface area contributed by atoms with E-state index in [-0.39, 0.29) is 22.3 Å². The van der Waals surface area contributed by atoms with E-state index in [1.165, 1.54) is 0 Å². The molecule has 1 rings (SSSR count). The zero-order valence-corrected chi connectivity index (χ0v) is 11.0. The van der Waals surface area contributed by atoms with E-state index < -0.39 is 4.92 Å². The van der Waals surface area contributed by atoms with E-state index in [2.05, 4.69) is 9.97 Å². The van der Waals surface area contributed by atoms with Crippen LogP contribution in [-0.4, -0.2) is 27.5 Å². The third kappa shape index (κ3) is 2.82. The molecule has 1 heterocycles. The topological polar surface area (TPSA) is 72.2 Å². The van der Waals surface area contributed by atoms with Crippen molar-refractivity contribution < 1.29 is 4.92 Å². The molecule has 0 aromatic carbocycles. The fourth-order valence-electron chi connectivity index (χ4n) is 1.25. The third-order valence-corrected chi connectivity index (χ3v) is 3.19. The van der Waals surface area contributed by atoms with Gasteiger partial charge in [-0.2, -0.15) is 4.98 Å². The Bertz CT molecular complexity index is 436. The highest BCUT2D eigenvalue weighted by Crippen LogP contribution is 2.31. The van der Waals surface area contributed by atoms with Crippen molar-refractivity contribution in [3.05, 3.63) is 21.6 Å². The number of nitrogens with zero attached hydrogens (tertiary/aromatic N) is 4. The predicted molar refractivity (Wildman–Crippen MR) is 66.5 cm³/mol. The zero-order chi connectivity index (χ0) is 13.2. The van der Waals surface area contributed by atoms with Gasteiger partial charge in [0, 0.05) is 12.6 Å². The van der Waals surface area contributed by atoms with E-state index in [1.54, 1.807) is 11.9 Å². The van der Waals surface area contributed by atoms with Crippen LogP contribution in [0.4, 0.5) is 11.5 Å². The molecule has 7 heteroatoms. The van der Waals surface area contributed by atoms with Crippen LogP contribution in [0.3, 0.4) is 0 Å². The van der Waals surface area contributed by atoms with Gasteiger partial charge in [-0.1, -0.05) is 6.92 Å². The lowest BCUT2D eigenvalue weighted by molar-refractivity contribution is -0.384. The number of aromatic nitrogens is 2. The summed E-state index contributed by atoms with van der Waals surface area (Å²) < 4.78 is 0. The van der Waals surface area contributed by atoms with Crippen LogP contribution in [-0.2, 0) is 0 Å². The summed E-state index contributed by atoms with van der Waals surface area (Å²) in [6.07, 6.45) is 1.95. The monoisotopic (exact) mass is 258 g/mol. The Morgan fingerprint density at radius 1 is 1.59 bits per heavy atom. The Kier molecular flexibility index (Phi) is 3.87. The molecular formula is C10H15ClN4O2. The smallest absolute Gasteiger partial charge is 0.329 e. The SMILES string of the molecule is CCC(C)(C)N(C)c1nc(Cl)ncc1[N+](=O)[O-]. The summed E-state index contributed by atoms with van der Waals surface area (Å²) in [6, 6.07) is 0. The second-order valence-electron chi connectivity index (χ2n) is 4.33. The van der Waals surface area contributed by atoms with Crippen LogP contribution in [0, 0.1) is 10.1 Å². The van der Waals surface area contributed by atoms with Crippen molar-refractivity contribution in [1.29, 1.82) is 0 Å². The summed E-state index contributed by atoms with van der Waals surface area (Å²) in [5.74, 6) is 0.238. The first-order valence-corrected chi connectivity index (χ1v) is 5.58. The molecule has 0 saturated heterocycles. The molecule has 6 nitrogen and oxygen atoms in total. The molecule has 0 unspecified atom stereocenters. The number of halogens is 1. The number of rotatable bonds is 4. The van der Waals surface area contributed by atoms with E-state index in [4.69, 9.17) is 11.6 Å². The number of anilines is 1. The van der Waals surface area contributed by atoms with Gasteiger partial charge in [-0.25, -0.2) is 4.98 Å². The van der Waals surface area contributed by atoms with Crippen molar-refractivity contribution >= 4 is 23.1 Å². The molecule has 0 aliphatic carbocycles. The first-order valence-electron chi connectivity index (χ1n) is 5.20. The molecule has 0 bridgehead atoms. The molecule has 0 radical (unpaired) electrons. The second-order valence-corrected chi connectivity index (χ2v) is 4.67. The van der Waals surface area contributed by atoms with Crippen LogP contribution in [0.15, 0.2) is 6.20 Å². The van der Waals surface area contributed by atoms with Gasteiger partial charge >= 0.3 is 5.69 Å². The van der Waals surface area contributed by atoms with Gasteiger partial charge in [-0.05, 0) is 31.9 Å². The molecule has 0 N–H and O–H groups in total. The molecule has 1 aromatic heterocycles. The maximum atomic E-state index is 10.9. The average molecular weight is 259 g/mol. The minimum atomic E-state index is -0.506. The van der Waals surface area contributed by atoms with Crippen molar-refractivity contribution in [3.8, 4) is 0 Å². The van der Waals surface area contributed by atoms with Crippen LogP contribution in [0.5, 0.6) is 0 Å². The summed E-state index contributed by atoms with van der Waals surface area (Å²) >= 11 is 5.69. The predicted octanol–water partition coefficient (Wildman–Crippen LogP) is 2.66. The number of hydrogen-bond acceptors (Lipinski definition) is 5. The van der Waals surface area contributed by atoms with E-state index in [9.17, 15) is 10.1 Å². The Morgan fingerprint density at radius 3 is 2.65 bits per heavy atom. The molecule has 17 heavy (non-hydrogen) atoms. The van der Waals surface area contributed by atoms with Gasteiger partial charge in [0.1, 0.15) is 6.20 Å². The van der Waals surface area contributed by atoms with Gasteiger partial charge in [-0.15, -0.1) is 0 Å². The fourth-order valence-corrected chi connectivity index (χ4v) is 1.37. The third-order valence-electron chi connectivity index (χ3n) is 3.01. The lowest BCUT2D eigenvalue weighted by Crippen LogP contribution is -2.41. The molecule has 0 saturated carbocycles. The Balaban J connectivity index is 3.29. The lowest BCUT2D eigenvalue weighted by Gasteiger charge is -2.35. The van der Waals surface area contributed by atoms with Gasteiger partial charge in [0.15, 0.2) is 0 Å². The summed E-state index contributed by atoms with van der Waals surface area (Å²) in [4.78, 5) is 19.7. The molecule has 0 aliphatic heterocycles. The largest absolute Gasteiger partial charge is 0.349 e. The molecule has 1 aromatic rings. The average Bonchev–Trinajstić information content (AvgIpc) is 2.27. The van der Waals surface area contributed by atoms with Gasteiger partial charge in [0.2, 0.25) is 11.1 Å². The van der Waals surface area contributed by atoms with Crippen molar-refractivity contribution in [2.24, 2.45) is 0 Å². The van der Waals surface area contributed by atoms with Crippen LogP contribution < -0.4 is 4.90 Å². The van der Waals surface area contributed by atoms with Crippen molar-refractivity contribution in [3.63, 3.8) is 0 Å². The minimum absolute atomic E-state index is 0.00403. The fraction of sp³-hybridized carbons (Fsp3) is 0.600. The summed E-state index contributed by atoms with van der Waals surface area (Å²) in [7, 11) is 1.76. The van der Waals surface area contributed by atoms with E-state index in [1.807, 2.05) is 20.8 Å². The van der Waals surface area contributed by atoms with Crippen LogP contribution in [0.25, 0.3) is 0 Å². The molecule has 0 aliphatic rings. The van der Waals surface area contributed by atoms with E-state index in [0.717, 1.165) is 12.6 Å². The normalized spacial score (nSPS) is 11.4. The highest BCUT2D eigenvalue weighted by Gasteiger charge is 2.29. The number of nitro groups is 1. The zero-order valence-electron chi connectivity index (χ0n) is 10.3. The molecule has 0 fully saturated rings. The van der Waals surface area contributed by atoms with Crippen LogP contribution in [0.1, 0.15) is 27.2 Å². The Labute approximate surface area is 105 Å². The highest BCUT2D eigenvalue weighted by molar-refractivity contribution is 6.28. The number of hydrogen-bond donors (Lipinski definition) is 0. The van der Waals surface area contributed by atoms with Gasteiger partial charge in [0.25, 0.3) is 0 Å². The molecule has 0 amide bonds. The van der Waals surface area contributed by atoms with Crippen molar-refractivity contribution in [2.45, 2.75) is 32.7 Å². The quantitative estimate of drug-likeness (QED) is 0.472. The van der Waals surface area contributed by atoms with Gasteiger partial charge in [-0.3, -0.25) is 10.1 Å². The highest BCUT2D eigenvalue weighted by atomic mass is 35.5. The molecule has 94 valence electrons. The Hall–Kier alpha value is -1.43. The molecule has 0 atom stereocenters. The minimum Gasteiger partial charge on any atom is -0.349 e. The standard InChI is InChI=1S/C10H15ClN4O2/c1-5-10(2,3)14(4)8-7(15(16)17)6-12-9(11)13-8/h6H,5H2,1-4H3. The van der Waals surface area contributed by atoms with Crippen molar-refractivity contribution in [1.82, 2.24) is 9.97 Å². The van der Waals surface area contributed by atoms with E-state index >= 15 is 0 Å². The first-order chi connectivity index (χ1) is 7.79. The van der Waals surface area contributed by atoms with Crippen LogP contribution in [0.2, 0.25) is 5.28 Å². The van der Waals surface area contributed by atoms with Gasteiger partial charge < -0.3 is 4.90 Å². The van der Waals surface area contributed by atoms with E-state index in [0.29, 0.717) is 0 Å². The Morgan fingerprint density at radius 2 is 2.18 bits per heavy atom. The lowest BCUT2D eigenvalue weighted by atomic mass is 10.00.